The van der Waals surface area contributed by atoms with Gasteiger partial charge >= 0.3 is 0 Å². The molecule has 2 amide bonds. The molecule has 6 N–H and O–H groups in total. The second-order valence-corrected chi connectivity index (χ2v) is 6.49. The van der Waals surface area contributed by atoms with Crippen molar-refractivity contribution in [3.05, 3.63) is 65.5 Å². The number of aryl methyl sites for hydroxylation is 1. The molecule has 0 bridgehead atoms. The molecule has 2 aromatic carbocycles. The maximum Gasteiger partial charge on any atom is 0.278 e. The van der Waals surface area contributed by atoms with E-state index >= 15 is 0 Å². The lowest BCUT2D eigenvalue weighted by molar-refractivity contribution is 0.0977. The van der Waals surface area contributed by atoms with Crippen molar-refractivity contribution in [2.75, 3.05) is 10.0 Å². The number of hydrazine groups is 2. The number of hydrogen-bond acceptors (Lipinski definition) is 9. The highest BCUT2D eigenvalue weighted by molar-refractivity contribution is 6.07. The van der Waals surface area contributed by atoms with E-state index in [1.807, 2.05) is 6.92 Å². The molecule has 1 aromatic heterocycles. The normalized spacial score (nSPS) is 10.5. The topological polar surface area (TPSA) is 172 Å². The summed E-state index contributed by atoms with van der Waals surface area (Å²) in [6.45, 7) is 1.89. The first-order valence-electron chi connectivity index (χ1n) is 9.32. The van der Waals surface area contributed by atoms with E-state index in [0.717, 1.165) is 0 Å². The fourth-order valence-corrected chi connectivity index (χ4v) is 2.70. The van der Waals surface area contributed by atoms with Crippen molar-refractivity contribution in [3.8, 4) is 11.5 Å². The molecule has 3 rings (SSSR count). The van der Waals surface area contributed by atoms with Crippen molar-refractivity contribution in [1.82, 2.24) is 15.0 Å². The number of aromatic hydroxyl groups is 2. The van der Waals surface area contributed by atoms with E-state index in [1.165, 1.54) is 24.3 Å². The molecule has 0 saturated carbocycles. The van der Waals surface area contributed by atoms with Crippen LogP contribution in [0.2, 0.25) is 0 Å². The summed E-state index contributed by atoms with van der Waals surface area (Å²) in [7, 11) is 0. The van der Waals surface area contributed by atoms with E-state index in [-0.39, 0.29) is 40.3 Å². The zero-order valence-electron chi connectivity index (χ0n) is 16.6. The largest absolute Gasteiger partial charge is 0.507 e. The molecule has 3 aromatic rings. The average molecular weight is 423 g/mol. The van der Waals surface area contributed by atoms with Gasteiger partial charge in [-0.15, -0.1) is 0 Å². The number of rotatable bonds is 6. The molecular formula is C20H21N7O4. The lowest BCUT2D eigenvalue weighted by Gasteiger charge is -2.19. The number of carbonyl (C=O) groups is 2. The highest BCUT2D eigenvalue weighted by Crippen LogP contribution is 2.22. The lowest BCUT2D eigenvalue weighted by atomic mass is 10.2. The monoisotopic (exact) mass is 423 g/mol. The van der Waals surface area contributed by atoms with Gasteiger partial charge < -0.3 is 10.2 Å². The maximum atomic E-state index is 12.7. The van der Waals surface area contributed by atoms with Gasteiger partial charge in [-0.25, -0.2) is 21.7 Å². The van der Waals surface area contributed by atoms with Crippen LogP contribution < -0.4 is 21.7 Å². The number of nitrogens with two attached hydrogens (primary N) is 2. The highest BCUT2D eigenvalue weighted by atomic mass is 16.3. The molecule has 0 spiro atoms. The van der Waals surface area contributed by atoms with Gasteiger partial charge in [0.1, 0.15) is 17.3 Å². The summed E-state index contributed by atoms with van der Waals surface area (Å²) in [6.07, 6.45) is 1.07. The molecule has 0 unspecified atom stereocenters. The van der Waals surface area contributed by atoms with Crippen LogP contribution in [0.5, 0.6) is 11.5 Å². The molecule has 11 nitrogen and oxygen atoms in total. The van der Waals surface area contributed by atoms with Crippen LogP contribution in [0.25, 0.3) is 0 Å². The van der Waals surface area contributed by atoms with Gasteiger partial charge in [-0.3, -0.25) is 9.59 Å². The number of anilines is 2. The molecular weight excluding hydrogens is 402 g/mol. The Morgan fingerprint density at radius 1 is 0.806 bits per heavy atom. The third kappa shape index (κ3) is 4.57. The van der Waals surface area contributed by atoms with Crippen molar-refractivity contribution in [2.24, 2.45) is 11.7 Å². The van der Waals surface area contributed by atoms with Gasteiger partial charge in [0.05, 0.1) is 11.1 Å². The zero-order valence-corrected chi connectivity index (χ0v) is 16.6. The van der Waals surface area contributed by atoms with Gasteiger partial charge in [0.15, 0.2) is 0 Å². The Morgan fingerprint density at radius 3 is 1.61 bits per heavy atom. The highest BCUT2D eigenvalue weighted by Gasteiger charge is 2.25. The van der Waals surface area contributed by atoms with Crippen LogP contribution in [0.1, 0.15) is 39.9 Å². The summed E-state index contributed by atoms with van der Waals surface area (Å²) in [4.78, 5) is 37.8. The van der Waals surface area contributed by atoms with Crippen LogP contribution in [-0.4, -0.2) is 37.0 Å². The summed E-state index contributed by atoms with van der Waals surface area (Å²) in [5.41, 5.74) is -0.113. The SMILES string of the molecule is CCCc1nc(N(N)C(=O)c2ccccc2O)nc(N(N)C(=O)c2ccccc2O)n1. The molecule has 0 aliphatic carbocycles. The standard InChI is InChI=1S/C20H21N7O4/c1-2-7-16-23-19(26(21)17(30)12-8-3-5-10-14(12)28)25-20(24-16)27(22)18(31)13-9-4-6-11-15(13)29/h3-6,8-11,28-29H,2,7,21-22H2,1H3. The smallest absolute Gasteiger partial charge is 0.278 e. The third-order valence-electron chi connectivity index (χ3n) is 4.27. The molecule has 0 radical (unpaired) electrons. The first-order valence-corrected chi connectivity index (χ1v) is 9.32. The van der Waals surface area contributed by atoms with Crippen LogP contribution in [0.3, 0.4) is 0 Å². The van der Waals surface area contributed by atoms with Gasteiger partial charge in [-0.1, -0.05) is 31.2 Å². The van der Waals surface area contributed by atoms with Crippen LogP contribution in [0, 0.1) is 0 Å². The van der Waals surface area contributed by atoms with Crippen molar-refractivity contribution >= 4 is 23.7 Å². The van der Waals surface area contributed by atoms with Gasteiger partial charge in [-0.05, 0) is 30.7 Å². The summed E-state index contributed by atoms with van der Waals surface area (Å²) >= 11 is 0. The quantitative estimate of drug-likeness (QED) is 0.259. The minimum Gasteiger partial charge on any atom is -0.507 e. The van der Waals surface area contributed by atoms with Crippen molar-refractivity contribution in [2.45, 2.75) is 19.8 Å². The van der Waals surface area contributed by atoms with E-state index in [2.05, 4.69) is 15.0 Å². The van der Waals surface area contributed by atoms with Crippen molar-refractivity contribution in [3.63, 3.8) is 0 Å². The van der Waals surface area contributed by atoms with Gasteiger partial charge in [0.25, 0.3) is 23.7 Å². The van der Waals surface area contributed by atoms with Crippen molar-refractivity contribution in [1.29, 1.82) is 0 Å². The number of nitrogens with zero attached hydrogens (tertiary/aromatic N) is 5. The second kappa shape index (κ2) is 9.15. The van der Waals surface area contributed by atoms with Crippen LogP contribution in [0.15, 0.2) is 48.5 Å². The minimum absolute atomic E-state index is 0.0566. The van der Waals surface area contributed by atoms with E-state index < -0.39 is 11.8 Å². The molecule has 160 valence electrons. The fraction of sp³-hybridized carbons (Fsp3) is 0.150. The predicted molar refractivity (Wildman–Crippen MR) is 112 cm³/mol. The number of hydrogen-bond donors (Lipinski definition) is 4. The molecule has 0 aliphatic heterocycles. The maximum absolute atomic E-state index is 12.7. The van der Waals surface area contributed by atoms with Crippen LogP contribution >= 0.6 is 0 Å². The number of carbonyl (C=O) groups excluding carboxylic acids is 2. The molecule has 1 heterocycles. The molecule has 0 fully saturated rings. The number of para-hydroxylation sites is 2. The minimum atomic E-state index is -0.770. The summed E-state index contributed by atoms with van der Waals surface area (Å²) in [6, 6.07) is 11.7. The first kappa shape index (κ1) is 21.6. The van der Waals surface area contributed by atoms with E-state index in [9.17, 15) is 19.8 Å². The third-order valence-corrected chi connectivity index (χ3v) is 4.27. The fourth-order valence-electron chi connectivity index (χ4n) is 2.70. The summed E-state index contributed by atoms with van der Waals surface area (Å²) < 4.78 is 0. The molecule has 0 saturated heterocycles. The first-order chi connectivity index (χ1) is 14.8. The summed E-state index contributed by atoms with van der Waals surface area (Å²) in [5.74, 6) is 9.50. The molecule has 11 heteroatoms. The number of aromatic nitrogens is 3. The second-order valence-electron chi connectivity index (χ2n) is 6.49. The Balaban J connectivity index is 1.99. The Bertz CT molecular complexity index is 1040. The Morgan fingerprint density at radius 2 is 1.23 bits per heavy atom. The number of benzene rings is 2. The molecule has 0 atom stereocenters. The predicted octanol–water partition coefficient (Wildman–Crippen LogP) is 1.28. The van der Waals surface area contributed by atoms with Gasteiger partial charge in [-0.2, -0.15) is 15.0 Å². The lowest BCUT2D eigenvalue weighted by Crippen LogP contribution is -2.42. The average Bonchev–Trinajstić information content (AvgIpc) is 2.78. The van der Waals surface area contributed by atoms with E-state index in [0.29, 0.717) is 22.9 Å². The van der Waals surface area contributed by atoms with Crippen LogP contribution in [0.4, 0.5) is 11.9 Å². The Hall–Kier alpha value is -4.09. The number of phenolic OH excluding ortho intramolecular Hbond substituents is 2. The van der Waals surface area contributed by atoms with Crippen molar-refractivity contribution < 1.29 is 19.8 Å². The number of amides is 2. The van der Waals surface area contributed by atoms with Gasteiger partial charge in [0, 0.05) is 6.42 Å². The zero-order chi connectivity index (χ0) is 22.5. The molecule has 31 heavy (non-hydrogen) atoms. The molecule has 0 aliphatic rings. The Labute approximate surface area is 177 Å². The Kier molecular flexibility index (Phi) is 6.38. The van der Waals surface area contributed by atoms with Crippen LogP contribution in [-0.2, 0) is 6.42 Å². The number of phenols is 2. The van der Waals surface area contributed by atoms with E-state index in [1.54, 1.807) is 24.3 Å². The summed E-state index contributed by atoms with van der Waals surface area (Å²) in [5, 5.41) is 21.1. The van der Waals surface area contributed by atoms with Gasteiger partial charge in [0.2, 0.25) is 0 Å². The van der Waals surface area contributed by atoms with E-state index in [4.69, 9.17) is 11.7 Å².